The normalized spacial score (nSPS) is 18.7. The monoisotopic (exact) mass is 646 g/mol. The first kappa shape index (κ1) is 29.2. The van der Waals surface area contributed by atoms with Crippen molar-refractivity contribution in [2.75, 3.05) is 0 Å². The second-order valence-corrected chi connectivity index (χ2v) is 12.4. The number of Topliss-reactive ketones (excluding diaryl/α,β-unsaturated/α-hetero) is 1. The molecule has 3 aromatic carbocycles. The van der Waals surface area contributed by atoms with E-state index >= 15 is 0 Å². The number of hydrogen-bond acceptors (Lipinski definition) is 2. The minimum absolute atomic E-state index is 0.328. The summed E-state index contributed by atoms with van der Waals surface area (Å²) < 4.78 is 0. The third kappa shape index (κ3) is 4.98. The average Bonchev–Trinajstić information content (AvgIpc) is 3.99. The Kier molecular flexibility index (Phi) is 6.99. The number of fused-ring (bicyclic) bond motifs is 8. The minimum Gasteiger partial charge on any atom is -0.354 e. The Hall–Kier alpha value is -6.92. The highest BCUT2D eigenvalue weighted by Crippen LogP contribution is 2.28. The fraction of sp³-hybridized carbons (Fsp3) is 0. The van der Waals surface area contributed by atoms with Crippen LogP contribution in [0, 0.1) is 0 Å². The van der Waals surface area contributed by atoms with Crippen LogP contribution < -0.4 is 21.4 Å². The molecule has 8 bridgehead atoms. The van der Waals surface area contributed by atoms with E-state index in [1.165, 1.54) is 6.08 Å². The molecule has 0 unspecified atom stereocenters. The van der Waals surface area contributed by atoms with Crippen LogP contribution in [-0.4, -0.2) is 31.5 Å². The Labute approximate surface area is 286 Å². The molecule has 0 fully saturated rings. The smallest absolute Gasteiger partial charge is 0.233 e. The summed E-state index contributed by atoms with van der Waals surface area (Å²) in [6.07, 6.45) is 4.68. The van der Waals surface area contributed by atoms with Crippen molar-refractivity contribution in [2.24, 2.45) is 0 Å². The molecule has 5 heterocycles. The fourth-order valence-corrected chi connectivity index (χ4v) is 7.08. The van der Waals surface area contributed by atoms with Gasteiger partial charge < -0.3 is 19.9 Å². The number of hydrogen-bond donors (Lipinski definition) is 4. The van der Waals surface area contributed by atoms with Gasteiger partial charge in [-0.05, 0) is 71.3 Å². The fourth-order valence-electron chi connectivity index (χ4n) is 7.08. The Morgan fingerprint density at radius 2 is 0.720 bits per heavy atom. The highest BCUT2D eigenvalue weighted by molar-refractivity contribution is 6.51. The minimum atomic E-state index is -0.546. The highest BCUT2D eigenvalue weighted by Gasteiger charge is 2.26. The maximum atomic E-state index is 13.5. The van der Waals surface area contributed by atoms with Crippen LogP contribution >= 0.6 is 0 Å². The largest absolute Gasteiger partial charge is 0.354 e. The lowest BCUT2D eigenvalue weighted by molar-refractivity contribution is -0.131. The number of aromatic nitrogens is 4. The van der Waals surface area contributed by atoms with Gasteiger partial charge in [-0.25, -0.2) is 0 Å². The van der Waals surface area contributed by atoms with Crippen molar-refractivity contribution in [3.05, 3.63) is 224 Å². The van der Waals surface area contributed by atoms with Gasteiger partial charge in [0, 0.05) is 72.0 Å². The summed E-state index contributed by atoms with van der Waals surface area (Å²) in [4.78, 5) is 41.0. The van der Waals surface area contributed by atoms with E-state index in [2.05, 4.69) is 92.7 Å². The van der Waals surface area contributed by atoms with E-state index in [-0.39, 0.29) is 0 Å². The number of carbonyl (C=O) groups excluding carboxylic acids is 2. The zero-order valence-electron chi connectivity index (χ0n) is 26.8. The van der Waals surface area contributed by atoms with Crippen LogP contribution in [-0.2, 0) is 9.59 Å². The van der Waals surface area contributed by atoms with Gasteiger partial charge in [-0.15, -0.1) is 0 Å². The van der Waals surface area contributed by atoms with Crippen LogP contribution in [0.1, 0.15) is 39.5 Å². The van der Waals surface area contributed by atoms with Crippen molar-refractivity contribution >= 4 is 33.9 Å². The summed E-state index contributed by atoms with van der Waals surface area (Å²) in [6.45, 7) is 0. The predicted octanol–water partition coefficient (Wildman–Crippen LogP) is 4.89. The molecule has 0 spiro atoms. The predicted molar refractivity (Wildman–Crippen MR) is 196 cm³/mol. The van der Waals surface area contributed by atoms with Crippen LogP contribution in [0.4, 0.5) is 0 Å². The molecule has 0 saturated carbocycles. The Bertz CT molecular complexity index is 2770. The summed E-state index contributed by atoms with van der Waals surface area (Å²) in [5.41, 5.74) is 10.5. The first-order valence-corrected chi connectivity index (χ1v) is 16.5. The molecule has 4 aromatic heterocycles. The molecule has 238 valence electrons. The van der Waals surface area contributed by atoms with Crippen molar-refractivity contribution in [3.8, 4) is 0 Å². The molecule has 6 nitrogen and oxygen atoms in total. The van der Waals surface area contributed by atoms with Crippen molar-refractivity contribution in [3.63, 3.8) is 0 Å². The van der Waals surface area contributed by atoms with E-state index in [0.29, 0.717) is 22.2 Å². The molecular formula is C44H30N4O2. The van der Waals surface area contributed by atoms with Crippen molar-refractivity contribution in [1.29, 1.82) is 0 Å². The Morgan fingerprint density at radius 1 is 0.360 bits per heavy atom. The zero-order chi connectivity index (χ0) is 33.6. The molecule has 7 aromatic rings. The lowest BCUT2D eigenvalue weighted by atomic mass is 9.93. The van der Waals surface area contributed by atoms with Gasteiger partial charge in [0.15, 0.2) is 0 Å². The molecule has 6 heteroatoms. The molecule has 50 heavy (non-hydrogen) atoms. The molecule has 1 aliphatic carbocycles. The van der Waals surface area contributed by atoms with Gasteiger partial charge in [-0.2, -0.15) is 0 Å². The number of H-pyrrole nitrogens is 4. The molecule has 0 radical (unpaired) electrons. The summed E-state index contributed by atoms with van der Waals surface area (Å²) in [5.74, 6) is -1.09. The second kappa shape index (κ2) is 12.0. The third-order valence-electron chi connectivity index (χ3n) is 9.33. The average molecular weight is 647 g/mol. The maximum Gasteiger partial charge on any atom is 0.233 e. The second-order valence-electron chi connectivity index (χ2n) is 12.4. The molecule has 9 rings (SSSR count). The molecule has 0 atom stereocenters. The zero-order valence-corrected chi connectivity index (χ0v) is 26.8. The number of carbonyl (C=O) groups is 2. The summed E-state index contributed by atoms with van der Waals surface area (Å²) in [5, 5.41) is 3.47. The number of nitrogens with one attached hydrogen (secondary N) is 4. The standard InChI is InChI=1S/C44H30N4O2/c49-39-18-10-17-30(44(39)50)43-37-25-23-35(47-37)41(28-13-6-2-7-14-28)33-21-19-31(45-33)40(27-11-4-1-5-12-27)32-20-22-34(46-32)42(29-15-8-3-9-16-29)36-24-26-38(43)48-36/h1-26,45-48H/b40-31-,40-32?,41-33-,41-35?,42-34?,42-36-,43-37?,43-38-. The molecule has 4 N–H and O–H groups in total. The van der Waals surface area contributed by atoms with Crippen LogP contribution in [0.5, 0.6) is 0 Å². The summed E-state index contributed by atoms with van der Waals surface area (Å²) in [7, 11) is 0. The van der Waals surface area contributed by atoms with Gasteiger partial charge in [-0.1, -0.05) is 103 Å². The van der Waals surface area contributed by atoms with Crippen molar-refractivity contribution in [1.82, 2.24) is 19.9 Å². The van der Waals surface area contributed by atoms with Crippen LogP contribution in [0.15, 0.2) is 163 Å². The Balaban J connectivity index is 1.44. The van der Waals surface area contributed by atoms with E-state index < -0.39 is 11.6 Å². The lowest BCUT2D eigenvalue weighted by Crippen LogP contribution is -2.24. The van der Waals surface area contributed by atoms with E-state index in [1.807, 2.05) is 66.7 Å². The highest BCUT2D eigenvalue weighted by atomic mass is 16.2. The van der Waals surface area contributed by atoms with Crippen molar-refractivity contribution < 1.29 is 9.59 Å². The van der Waals surface area contributed by atoms with Gasteiger partial charge in [0.1, 0.15) is 0 Å². The van der Waals surface area contributed by atoms with E-state index in [4.69, 9.17) is 0 Å². The molecule has 1 aliphatic heterocycles. The third-order valence-corrected chi connectivity index (χ3v) is 9.33. The SMILES string of the molecule is O=C1C=CC=C(/C2=c3\cc/c([nH]3)=C(\c3ccccc3)c3ccc([nH]3)/C(c3ccccc3)=c3/cc/c([nH]3)=C(\c3ccccc3)c3ccc2[nH]3)C1=O. The topological polar surface area (TPSA) is 97.3 Å². The lowest BCUT2D eigenvalue weighted by Gasteiger charge is -2.12. The number of rotatable bonds is 4. The van der Waals surface area contributed by atoms with Crippen LogP contribution in [0.25, 0.3) is 22.3 Å². The molecule has 2 aliphatic rings. The number of aromatic amines is 4. The first-order valence-electron chi connectivity index (χ1n) is 16.5. The first-order chi connectivity index (χ1) is 24.6. The number of benzene rings is 3. The molecule has 0 amide bonds. The van der Waals surface area contributed by atoms with Gasteiger partial charge in [0.05, 0.1) is 0 Å². The van der Waals surface area contributed by atoms with Crippen LogP contribution in [0.3, 0.4) is 0 Å². The quantitative estimate of drug-likeness (QED) is 0.162. The molecular weight excluding hydrogens is 617 g/mol. The number of allylic oxidation sites excluding steroid dienone is 4. The van der Waals surface area contributed by atoms with E-state index in [9.17, 15) is 9.59 Å². The van der Waals surface area contributed by atoms with E-state index in [1.54, 1.807) is 12.2 Å². The summed E-state index contributed by atoms with van der Waals surface area (Å²) in [6, 6.07) is 47.4. The molecule has 0 saturated heterocycles. The summed E-state index contributed by atoms with van der Waals surface area (Å²) >= 11 is 0. The van der Waals surface area contributed by atoms with Gasteiger partial charge in [-0.3, -0.25) is 9.59 Å². The van der Waals surface area contributed by atoms with Crippen molar-refractivity contribution in [2.45, 2.75) is 0 Å². The number of ketones is 2. The van der Waals surface area contributed by atoms with Gasteiger partial charge >= 0.3 is 0 Å². The van der Waals surface area contributed by atoms with E-state index in [0.717, 1.165) is 66.5 Å². The van der Waals surface area contributed by atoms with Gasteiger partial charge in [0.25, 0.3) is 0 Å². The maximum absolute atomic E-state index is 13.5. The Morgan fingerprint density at radius 3 is 1.12 bits per heavy atom. The van der Waals surface area contributed by atoms with Gasteiger partial charge in [0.2, 0.25) is 11.6 Å². The van der Waals surface area contributed by atoms with Crippen LogP contribution in [0.2, 0.25) is 0 Å².